The first-order valence-electron chi connectivity index (χ1n) is 10.2. The SMILES string of the molecule is CCOc1ccc(C(=O)Nc2cc(Cl)ccc2Cl)cc1CN(C)S(=O)(=O)c1ccc(C)cc1. The van der Waals surface area contributed by atoms with Crippen LogP contribution in [-0.2, 0) is 16.6 Å². The van der Waals surface area contributed by atoms with Gasteiger partial charge in [0.05, 0.1) is 22.2 Å². The molecule has 3 aromatic carbocycles. The van der Waals surface area contributed by atoms with Crippen LogP contribution in [0, 0.1) is 6.92 Å². The zero-order chi connectivity index (χ0) is 24.2. The summed E-state index contributed by atoms with van der Waals surface area (Å²) in [7, 11) is -2.24. The summed E-state index contributed by atoms with van der Waals surface area (Å²) in [5, 5.41) is 3.52. The van der Waals surface area contributed by atoms with Crippen LogP contribution in [0.2, 0.25) is 10.0 Å². The summed E-state index contributed by atoms with van der Waals surface area (Å²) in [4.78, 5) is 13.0. The quantitative estimate of drug-likeness (QED) is 0.420. The smallest absolute Gasteiger partial charge is 0.255 e. The molecule has 0 aromatic heterocycles. The minimum absolute atomic E-state index is 0.0184. The normalized spacial score (nSPS) is 11.5. The first-order valence-corrected chi connectivity index (χ1v) is 12.4. The number of sulfonamides is 1. The topological polar surface area (TPSA) is 75.7 Å². The number of rotatable bonds is 8. The third kappa shape index (κ3) is 6.06. The van der Waals surface area contributed by atoms with Gasteiger partial charge in [-0.3, -0.25) is 4.79 Å². The monoisotopic (exact) mass is 506 g/mol. The number of amides is 1. The molecule has 6 nitrogen and oxygen atoms in total. The largest absolute Gasteiger partial charge is 0.494 e. The first kappa shape index (κ1) is 25.1. The van der Waals surface area contributed by atoms with Gasteiger partial charge in [-0.2, -0.15) is 4.31 Å². The van der Waals surface area contributed by atoms with Crippen molar-refractivity contribution >= 4 is 44.8 Å². The lowest BCUT2D eigenvalue weighted by Gasteiger charge is -2.20. The number of hydrogen-bond acceptors (Lipinski definition) is 4. The molecule has 0 saturated heterocycles. The molecule has 0 aliphatic heterocycles. The molecule has 0 radical (unpaired) electrons. The van der Waals surface area contributed by atoms with Gasteiger partial charge in [-0.05, 0) is 62.4 Å². The Balaban J connectivity index is 1.89. The number of nitrogens with one attached hydrogen (secondary N) is 1. The van der Waals surface area contributed by atoms with E-state index in [2.05, 4.69) is 5.32 Å². The highest BCUT2D eigenvalue weighted by Crippen LogP contribution is 2.28. The van der Waals surface area contributed by atoms with Crippen molar-refractivity contribution in [1.29, 1.82) is 0 Å². The van der Waals surface area contributed by atoms with Crippen LogP contribution < -0.4 is 10.1 Å². The Labute approximate surface area is 204 Å². The Kier molecular flexibility index (Phi) is 8.02. The van der Waals surface area contributed by atoms with E-state index < -0.39 is 15.9 Å². The summed E-state index contributed by atoms with van der Waals surface area (Å²) in [6.45, 7) is 4.13. The Morgan fingerprint density at radius 1 is 1.03 bits per heavy atom. The maximum absolute atomic E-state index is 13.0. The number of carbonyl (C=O) groups is 1. The molecular weight excluding hydrogens is 483 g/mol. The van der Waals surface area contributed by atoms with Crippen LogP contribution in [0.1, 0.15) is 28.4 Å². The predicted molar refractivity (Wildman–Crippen MR) is 132 cm³/mol. The highest BCUT2D eigenvalue weighted by Gasteiger charge is 2.23. The summed E-state index contributed by atoms with van der Waals surface area (Å²) in [5.41, 5.74) is 2.22. The molecule has 33 heavy (non-hydrogen) atoms. The van der Waals surface area contributed by atoms with Crippen molar-refractivity contribution in [3.8, 4) is 5.75 Å². The van der Waals surface area contributed by atoms with Gasteiger partial charge in [0.1, 0.15) is 5.75 Å². The van der Waals surface area contributed by atoms with Crippen LogP contribution in [0.15, 0.2) is 65.6 Å². The number of benzene rings is 3. The number of aryl methyl sites for hydroxylation is 1. The van der Waals surface area contributed by atoms with Gasteiger partial charge in [0.25, 0.3) is 5.91 Å². The van der Waals surface area contributed by atoms with E-state index in [1.807, 2.05) is 13.8 Å². The fraction of sp³-hybridized carbons (Fsp3) is 0.208. The molecule has 0 saturated carbocycles. The van der Waals surface area contributed by atoms with E-state index in [0.717, 1.165) is 5.56 Å². The molecule has 0 unspecified atom stereocenters. The molecule has 9 heteroatoms. The van der Waals surface area contributed by atoms with Gasteiger partial charge in [-0.25, -0.2) is 8.42 Å². The van der Waals surface area contributed by atoms with Crippen molar-refractivity contribution in [2.24, 2.45) is 0 Å². The zero-order valence-electron chi connectivity index (χ0n) is 18.4. The lowest BCUT2D eigenvalue weighted by atomic mass is 10.1. The highest BCUT2D eigenvalue weighted by molar-refractivity contribution is 7.89. The van der Waals surface area contributed by atoms with E-state index >= 15 is 0 Å². The maximum Gasteiger partial charge on any atom is 0.255 e. The van der Waals surface area contributed by atoms with E-state index in [9.17, 15) is 13.2 Å². The second-order valence-electron chi connectivity index (χ2n) is 7.41. The van der Waals surface area contributed by atoms with E-state index in [1.165, 1.54) is 11.4 Å². The molecule has 0 bridgehead atoms. The molecule has 174 valence electrons. The first-order chi connectivity index (χ1) is 15.6. The lowest BCUT2D eigenvalue weighted by Crippen LogP contribution is -2.27. The summed E-state index contributed by atoms with van der Waals surface area (Å²) in [6.07, 6.45) is 0. The minimum atomic E-state index is -3.73. The molecule has 3 aromatic rings. The molecular formula is C24H24Cl2N2O4S. The molecule has 0 aliphatic carbocycles. The average Bonchev–Trinajstić information content (AvgIpc) is 2.77. The van der Waals surface area contributed by atoms with E-state index in [-0.39, 0.29) is 11.4 Å². The van der Waals surface area contributed by atoms with Crippen molar-refractivity contribution in [2.75, 3.05) is 19.0 Å². The number of anilines is 1. The Bertz CT molecular complexity index is 1260. The van der Waals surface area contributed by atoms with Gasteiger partial charge in [-0.1, -0.05) is 40.9 Å². The Hall–Kier alpha value is -2.58. The maximum atomic E-state index is 13.0. The molecule has 0 fully saturated rings. The highest BCUT2D eigenvalue weighted by atomic mass is 35.5. The van der Waals surface area contributed by atoms with Crippen molar-refractivity contribution in [2.45, 2.75) is 25.3 Å². The number of ether oxygens (including phenoxy) is 1. The summed E-state index contributed by atoms with van der Waals surface area (Å²) < 4.78 is 32.9. The van der Waals surface area contributed by atoms with Gasteiger partial charge >= 0.3 is 0 Å². The Morgan fingerprint density at radius 3 is 2.39 bits per heavy atom. The minimum Gasteiger partial charge on any atom is -0.494 e. The van der Waals surface area contributed by atoms with E-state index in [0.29, 0.717) is 39.2 Å². The summed E-state index contributed by atoms with van der Waals surface area (Å²) in [5.74, 6) is 0.0910. The molecule has 1 amide bonds. The number of hydrogen-bond donors (Lipinski definition) is 1. The molecule has 0 spiro atoms. The predicted octanol–water partition coefficient (Wildman–Crippen LogP) is 5.77. The van der Waals surface area contributed by atoms with Crippen molar-refractivity contribution in [3.05, 3.63) is 87.4 Å². The fourth-order valence-corrected chi connectivity index (χ4v) is 4.63. The van der Waals surface area contributed by atoms with Gasteiger partial charge < -0.3 is 10.1 Å². The number of halogens is 2. The lowest BCUT2D eigenvalue weighted by molar-refractivity contribution is 0.102. The van der Waals surface area contributed by atoms with Crippen molar-refractivity contribution in [1.82, 2.24) is 4.31 Å². The van der Waals surface area contributed by atoms with Crippen LogP contribution in [0.5, 0.6) is 5.75 Å². The van der Waals surface area contributed by atoms with Crippen molar-refractivity contribution in [3.63, 3.8) is 0 Å². The van der Waals surface area contributed by atoms with E-state index in [4.69, 9.17) is 27.9 Å². The molecule has 0 atom stereocenters. The number of nitrogens with zero attached hydrogens (tertiary/aromatic N) is 1. The van der Waals surface area contributed by atoms with Crippen LogP contribution >= 0.6 is 23.2 Å². The van der Waals surface area contributed by atoms with Gasteiger partial charge in [0.2, 0.25) is 10.0 Å². The third-order valence-electron chi connectivity index (χ3n) is 4.92. The Morgan fingerprint density at radius 2 is 1.73 bits per heavy atom. The average molecular weight is 507 g/mol. The van der Waals surface area contributed by atoms with Gasteiger partial charge in [0, 0.05) is 29.7 Å². The third-order valence-corrected chi connectivity index (χ3v) is 7.30. The van der Waals surface area contributed by atoms with Crippen LogP contribution in [0.4, 0.5) is 5.69 Å². The second-order valence-corrected chi connectivity index (χ2v) is 10.3. The van der Waals surface area contributed by atoms with Crippen LogP contribution in [-0.4, -0.2) is 32.3 Å². The van der Waals surface area contributed by atoms with Crippen molar-refractivity contribution < 1.29 is 17.9 Å². The standard InChI is InChI=1S/C24H24Cl2N2O4S/c1-4-32-23-12-7-17(24(29)27-22-14-19(25)8-11-21(22)26)13-18(23)15-28(3)33(30,31)20-9-5-16(2)6-10-20/h5-14H,4,15H2,1-3H3,(H,27,29). The summed E-state index contributed by atoms with van der Waals surface area (Å²) in [6, 6.07) is 16.3. The zero-order valence-corrected chi connectivity index (χ0v) is 20.8. The molecule has 3 rings (SSSR count). The van der Waals surface area contributed by atoms with Gasteiger partial charge in [0.15, 0.2) is 0 Å². The van der Waals surface area contributed by atoms with E-state index in [1.54, 1.807) is 60.7 Å². The van der Waals surface area contributed by atoms with Gasteiger partial charge in [-0.15, -0.1) is 0 Å². The molecule has 0 aliphatic rings. The molecule has 1 N–H and O–H groups in total. The number of carbonyl (C=O) groups excluding carboxylic acids is 1. The fourth-order valence-electron chi connectivity index (χ4n) is 3.14. The van der Waals surface area contributed by atoms with Crippen LogP contribution in [0.25, 0.3) is 0 Å². The molecule has 0 heterocycles. The summed E-state index contributed by atoms with van der Waals surface area (Å²) >= 11 is 12.1. The van der Waals surface area contributed by atoms with Crippen LogP contribution in [0.3, 0.4) is 0 Å². The second kappa shape index (κ2) is 10.6.